The maximum atomic E-state index is 13.4. The molecule has 0 aliphatic carbocycles. The van der Waals surface area contributed by atoms with Crippen molar-refractivity contribution in [3.8, 4) is 22.6 Å². The molecule has 0 aromatic heterocycles. The summed E-state index contributed by atoms with van der Waals surface area (Å²) in [6.45, 7) is 5.58. The van der Waals surface area contributed by atoms with Crippen LogP contribution in [0.5, 0.6) is 11.5 Å². The Morgan fingerprint density at radius 3 is 1.69 bits per heavy atom. The highest BCUT2D eigenvalue weighted by Crippen LogP contribution is 2.28. The van der Waals surface area contributed by atoms with Gasteiger partial charge in [-0.15, -0.1) is 0 Å². The number of carbonyl (C=O) groups is 2. The number of hydrogen-bond acceptors (Lipinski definition) is 6. The molecule has 0 aliphatic rings. The minimum atomic E-state index is -4.68. The molecule has 1 unspecified atom stereocenters. The molecule has 3 aromatic rings. The monoisotopic (exact) mass is 670 g/mol. The van der Waals surface area contributed by atoms with Crippen LogP contribution < -0.4 is 9.47 Å². The quantitative estimate of drug-likeness (QED) is 0.0602. The van der Waals surface area contributed by atoms with E-state index in [0.29, 0.717) is 31.8 Å². The van der Waals surface area contributed by atoms with Gasteiger partial charge in [0.05, 0.1) is 17.7 Å². The van der Waals surface area contributed by atoms with Crippen LogP contribution in [0.25, 0.3) is 11.1 Å². The lowest BCUT2D eigenvalue weighted by molar-refractivity contribution is -0.206. The second kappa shape index (κ2) is 21.2. The highest BCUT2D eigenvalue weighted by Gasteiger charge is 2.42. The fourth-order valence-corrected chi connectivity index (χ4v) is 5.13. The number of unbranched alkanes of at least 4 members (excludes halogenated alkanes) is 9. The zero-order chi connectivity index (χ0) is 34.6. The average molecular weight is 671 g/mol. The summed E-state index contributed by atoms with van der Waals surface area (Å²) in [4.78, 5) is 25.1. The first-order valence-corrected chi connectivity index (χ1v) is 17.2. The first-order chi connectivity index (χ1) is 23.2. The van der Waals surface area contributed by atoms with Gasteiger partial charge in [0, 0.05) is 13.2 Å². The zero-order valence-corrected chi connectivity index (χ0v) is 28.2. The molecule has 0 fully saturated rings. The third kappa shape index (κ3) is 14.1. The van der Waals surface area contributed by atoms with Crippen LogP contribution >= 0.6 is 0 Å². The molecule has 0 bridgehead atoms. The Hall–Kier alpha value is -3.85. The molecule has 262 valence electrons. The fraction of sp³-hybridized carbons (Fsp3) is 0.487. The Morgan fingerprint density at radius 1 is 0.604 bits per heavy atom. The number of ether oxygens (including phenoxy) is 4. The standard InChI is InChI=1S/C39H49F3O6/c1-3-5-6-7-8-9-10-11-13-29-46-34-24-20-31(21-25-34)30-16-18-32(19-17-30)37(43)47-35-26-22-33(23-27-35)38(44)48-36(39(40,41)42)15-12-14-28-45-4-2/h16-27,36H,3-15,28-29H2,1-2H3. The van der Waals surface area contributed by atoms with Crippen LogP contribution in [-0.4, -0.2) is 44.0 Å². The van der Waals surface area contributed by atoms with Gasteiger partial charge in [0.2, 0.25) is 0 Å². The summed E-state index contributed by atoms with van der Waals surface area (Å²) in [5.41, 5.74) is 2.14. The summed E-state index contributed by atoms with van der Waals surface area (Å²) in [6, 6.07) is 20.0. The van der Waals surface area contributed by atoms with Crippen LogP contribution in [0.3, 0.4) is 0 Å². The third-order valence-electron chi connectivity index (χ3n) is 7.95. The number of rotatable bonds is 22. The van der Waals surface area contributed by atoms with Crippen molar-refractivity contribution < 1.29 is 41.7 Å². The molecule has 0 N–H and O–H groups in total. The number of alkyl halides is 3. The first kappa shape index (κ1) is 38.6. The maximum Gasteiger partial charge on any atom is 0.425 e. The average Bonchev–Trinajstić information content (AvgIpc) is 3.08. The summed E-state index contributed by atoms with van der Waals surface area (Å²) in [7, 11) is 0. The maximum absolute atomic E-state index is 13.4. The Balaban J connectivity index is 1.43. The van der Waals surface area contributed by atoms with Gasteiger partial charge >= 0.3 is 18.1 Å². The van der Waals surface area contributed by atoms with E-state index in [0.717, 1.165) is 23.3 Å². The van der Waals surface area contributed by atoms with Gasteiger partial charge in [0.25, 0.3) is 0 Å². The Bertz CT molecular complexity index is 1340. The predicted molar refractivity (Wildman–Crippen MR) is 182 cm³/mol. The fourth-order valence-electron chi connectivity index (χ4n) is 5.13. The molecule has 48 heavy (non-hydrogen) atoms. The molecule has 0 amide bonds. The van der Waals surface area contributed by atoms with Crippen LogP contribution in [0, 0.1) is 0 Å². The number of carbonyl (C=O) groups excluding carboxylic acids is 2. The lowest BCUT2D eigenvalue weighted by atomic mass is 10.0. The zero-order valence-electron chi connectivity index (χ0n) is 28.2. The number of benzene rings is 3. The molecule has 0 aliphatic heterocycles. The molecule has 9 heteroatoms. The molecular weight excluding hydrogens is 621 g/mol. The summed E-state index contributed by atoms with van der Waals surface area (Å²) >= 11 is 0. The predicted octanol–water partition coefficient (Wildman–Crippen LogP) is 10.8. The Kier molecular flexibility index (Phi) is 17.0. The minimum absolute atomic E-state index is 0.0809. The highest BCUT2D eigenvalue weighted by atomic mass is 19.4. The van der Waals surface area contributed by atoms with Crippen molar-refractivity contribution in [3.05, 3.63) is 83.9 Å². The Labute approximate surface area is 282 Å². The van der Waals surface area contributed by atoms with Crippen LogP contribution in [0.2, 0.25) is 0 Å². The summed E-state index contributed by atoms with van der Waals surface area (Å²) in [5.74, 6) is -0.747. The lowest BCUT2D eigenvalue weighted by Crippen LogP contribution is -2.34. The number of halogens is 3. The van der Waals surface area contributed by atoms with E-state index in [2.05, 4.69) is 6.92 Å². The molecule has 1 atom stereocenters. The number of hydrogen-bond donors (Lipinski definition) is 0. The van der Waals surface area contributed by atoms with Gasteiger partial charge in [0.1, 0.15) is 11.5 Å². The van der Waals surface area contributed by atoms with Crippen LogP contribution in [0.4, 0.5) is 13.2 Å². The van der Waals surface area contributed by atoms with Gasteiger partial charge in [-0.25, -0.2) is 9.59 Å². The van der Waals surface area contributed by atoms with Crippen molar-refractivity contribution in [2.45, 2.75) is 103 Å². The van der Waals surface area contributed by atoms with E-state index in [1.165, 1.54) is 75.6 Å². The molecule has 0 radical (unpaired) electrons. The summed E-state index contributed by atoms with van der Waals surface area (Å²) < 4.78 is 61.5. The highest BCUT2D eigenvalue weighted by molar-refractivity contribution is 5.92. The van der Waals surface area contributed by atoms with Gasteiger partial charge in [-0.05, 0) is 92.3 Å². The molecule has 6 nitrogen and oxygen atoms in total. The van der Waals surface area contributed by atoms with Crippen molar-refractivity contribution in [2.75, 3.05) is 19.8 Å². The van der Waals surface area contributed by atoms with E-state index in [1.807, 2.05) is 36.4 Å². The second-order valence-electron chi connectivity index (χ2n) is 11.8. The molecule has 0 spiro atoms. The lowest BCUT2D eigenvalue weighted by Gasteiger charge is -2.20. The van der Waals surface area contributed by atoms with Crippen molar-refractivity contribution in [1.82, 2.24) is 0 Å². The SMILES string of the molecule is CCCCCCCCCCCOc1ccc(-c2ccc(C(=O)Oc3ccc(C(=O)OC(CCCCOCC)C(F)(F)F)cc3)cc2)cc1. The second-order valence-corrected chi connectivity index (χ2v) is 11.8. The topological polar surface area (TPSA) is 71.1 Å². The molecule has 3 aromatic carbocycles. The minimum Gasteiger partial charge on any atom is -0.494 e. The van der Waals surface area contributed by atoms with Gasteiger partial charge in [-0.2, -0.15) is 13.2 Å². The Morgan fingerprint density at radius 2 is 1.10 bits per heavy atom. The van der Waals surface area contributed by atoms with Gasteiger partial charge < -0.3 is 18.9 Å². The van der Waals surface area contributed by atoms with Crippen LogP contribution in [0.15, 0.2) is 72.8 Å². The van der Waals surface area contributed by atoms with Crippen molar-refractivity contribution in [1.29, 1.82) is 0 Å². The molecule has 0 saturated heterocycles. The molecule has 0 heterocycles. The van der Waals surface area contributed by atoms with E-state index in [1.54, 1.807) is 19.1 Å². The summed E-state index contributed by atoms with van der Waals surface area (Å²) in [6.07, 6.45) is 4.82. The van der Waals surface area contributed by atoms with Gasteiger partial charge in [-0.3, -0.25) is 0 Å². The van der Waals surface area contributed by atoms with Crippen molar-refractivity contribution >= 4 is 11.9 Å². The molecule has 0 saturated carbocycles. The van der Waals surface area contributed by atoms with E-state index in [4.69, 9.17) is 18.9 Å². The van der Waals surface area contributed by atoms with Crippen LogP contribution in [-0.2, 0) is 9.47 Å². The smallest absolute Gasteiger partial charge is 0.425 e. The van der Waals surface area contributed by atoms with Crippen LogP contribution in [0.1, 0.15) is 112 Å². The van der Waals surface area contributed by atoms with E-state index in [-0.39, 0.29) is 24.2 Å². The largest absolute Gasteiger partial charge is 0.494 e. The third-order valence-corrected chi connectivity index (χ3v) is 7.95. The van der Waals surface area contributed by atoms with Gasteiger partial charge in [0.15, 0.2) is 6.10 Å². The van der Waals surface area contributed by atoms with Crippen molar-refractivity contribution in [3.63, 3.8) is 0 Å². The normalized spacial score (nSPS) is 12.0. The summed E-state index contributed by atoms with van der Waals surface area (Å²) in [5, 5.41) is 0. The van der Waals surface area contributed by atoms with E-state index >= 15 is 0 Å². The molecular formula is C39H49F3O6. The van der Waals surface area contributed by atoms with E-state index < -0.39 is 24.2 Å². The molecule has 3 rings (SSSR count). The number of esters is 2. The van der Waals surface area contributed by atoms with E-state index in [9.17, 15) is 22.8 Å². The van der Waals surface area contributed by atoms with Crippen molar-refractivity contribution in [2.24, 2.45) is 0 Å². The first-order valence-electron chi connectivity index (χ1n) is 17.2. The van der Waals surface area contributed by atoms with Gasteiger partial charge in [-0.1, -0.05) is 82.6 Å².